The van der Waals surface area contributed by atoms with E-state index in [2.05, 4.69) is 55.6 Å². The molecule has 392 valence electrons. The van der Waals surface area contributed by atoms with E-state index in [1.165, 1.54) is 193 Å². The molecule has 0 aromatic carbocycles. The van der Waals surface area contributed by atoms with Crippen molar-refractivity contribution in [2.24, 2.45) is 0 Å². The van der Waals surface area contributed by atoms with Crippen LogP contribution in [-0.2, 0) is 14.3 Å². The lowest BCUT2D eigenvalue weighted by Crippen LogP contribution is -2.60. The number of hydrogen-bond acceptors (Lipinski definition) is 8. The lowest BCUT2D eigenvalue weighted by Gasteiger charge is -2.40. The number of amides is 1. The number of unbranched alkanes of at least 4 members (excludes halogenated alkanes) is 32. The third kappa shape index (κ3) is 37.6. The maximum Gasteiger partial charge on any atom is 0.220 e. The van der Waals surface area contributed by atoms with Crippen LogP contribution in [0, 0.1) is 0 Å². The van der Waals surface area contributed by atoms with Crippen molar-refractivity contribution in [2.45, 2.75) is 301 Å². The monoisotopic (exact) mass is 946 g/mol. The Bertz CT molecular complexity index is 1190. The first-order valence-corrected chi connectivity index (χ1v) is 28.4. The molecule has 7 unspecified atom stereocenters. The smallest absolute Gasteiger partial charge is 0.220 e. The van der Waals surface area contributed by atoms with Crippen molar-refractivity contribution < 1.29 is 39.8 Å². The van der Waals surface area contributed by atoms with Crippen LogP contribution in [0.25, 0.3) is 0 Å². The van der Waals surface area contributed by atoms with E-state index in [1.54, 1.807) is 6.08 Å². The molecule has 0 aliphatic carbocycles. The SMILES string of the molecule is CCCCCCC/C=C\C/C=C\CCCCCCCCCCCCCCCCCC(=O)NC(COC1OC(CO)C(O)C(O)C1O)C(O)/C=C/CC/C=C/CCCCCCCCCCCCC. The minimum atomic E-state index is -1.57. The summed E-state index contributed by atoms with van der Waals surface area (Å²) in [5.41, 5.74) is 0. The second kappa shape index (κ2) is 47.8. The Balaban J connectivity index is 2.22. The van der Waals surface area contributed by atoms with Crippen LogP contribution in [0.5, 0.6) is 0 Å². The lowest BCUT2D eigenvalue weighted by molar-refractivity contribution is -0.302. The van der Waals surface area contributed by atoms with Crippen LogP contribution >= 0.6 is 0 Å². The standard InChI is InChI=1S/C58H107NO8/c1-3-5-7-9-11-13-15-17-19-21-22-23-24-25-26-27-28-29-30-32-34-36-38-40-42-44-46-48-54(62)59-51(50-66-58-57(65)56(64)55(63)53(49-60)67-58)52(61)47-45-43-41-39-37-35-33-31-20-18-16-14-12-10-8-6-4-2/h15,17,21-22,37,39,45,47,51-53,55-58,60-61,63-65H,3-14,16,18-20,23-36,38,40-44,46,48-50H2,1-2H3,(H,59,62)/b17-15-,22-21-,39-37+,47-45+. The summed E-state index contributed by atoms with van der Waals surface area (Å²) in [6.07, 6.45) is 56.0. The average molecular weight is 946 g/mol. The van der Waals surface area contributed by atoms with E-state index in [9.17, 15) is 30.3 Å². The molecule has 9 nitrogen and oxygen atoms in total. The van der Waals surface area contributed by atoms with Gasteiger partial charge in [0.1, 0.15) is 24.4 Å². The number of nitrogens with one attached hydrogen (secondary N) is 1. The van der Waals surface area contributed by atoms with E-state index >= 15 is 0 Å². The van der Waals surface area contributed by atoms with E-state index in [4.69, 9.17) is 9.47 Å². The van der Waals surface area contributed by atoms with E-state index in [1.807, 2.05) is 6.08 Å². The number of ether oxygens (including phenoxy) is 2. The number of rotatable bonds is 48. The second-order valence-corrected chi connectivity index (χ2v) is 19.7. The fraction of sp³-hybridized carbons (Fsp3) is 0.845. The van der Waals surface area contributed by atoms with Gasteiger partial charge in [0.15, 0.2) is 6.29 Å². The topological polar surface area (TPSA) is 149 Å². The molecule has 1 rings (SSSR count). The third-order valence-electron chi connectivity index (χ3n) is 13.4. The van der Waals surface area contributed by atoms with Crippen molar-refractivity contribution in [1.82, 2.24) is 5.32 Å². The Morgan fingerprint density at radius 2 is 0.896 bits per heavy atom. The molecular weight excluding hydrogens is 839 g/mol. The van der Waals surface area contributed by atoms with Gasteiger partial charge in [-0.3, -0.25) is 4.79 Å². The Hall–Kier alpha value is -1.85. The highest BCUT2D eigenvalue weighted by Crippen LogP contribution is 2.23. The van der Waals surface area contributed by atoms with Gasteiger partial charge >= 0.3 is 0 Å². The van der Waals surface area contributed by atoms with Crippen LogP contribution in [0.15, 0.2) is 48.6 Å². The largest absolute Gasteiger partial charge is 0.394 e. The summed E-state index contributed by atoms with van der Waals surface area (Å²) in [6, 6.07) is -0.822. The molecule has 67 heavy (non-hydrogen) atoms. The van der Waals surface area contributed by atoms with Gasteiger partial charge in [0, 0.05) is 6.42 Å². The maximum atomic E-state index is 13.0. The van der Waals surface area contributed by atoms with Gasteiger partial charge in [0.05, 0.1) is 25.4 Å². The van der Waals surface area contributed by atoms with Gasteiger partial charge in [-0.05, 0) is 64.2 Å². The third-order valence-corrected chi connectivity index (χ3v) is 13.4. The Kier molecular flexibility index (Phi) is 45.1. The van der Waals surface area contributed by atoms with Crippen LogP contribution in [0.2, 0.25) is 0 Å². The number of allylic oxidation sites excluding steroid dienone is 7. The fourth-order valence-corrected chi connectivity index (χ4v) is 8.85. The van der Waals surface area contributed by atoms with Crippen LogP contribution < -0.4 is 5.32 Å². The molecule has 0 bridgehead atoms. The zero-order chi connectivity index (χ0) is 48.7. The zero-order valence-corrected chi connectivity index (χ0v) is 43.4. The fourth-order valence-electron chi connectivity index (χ4n) is 8.85. The van der Waals surface area contributed by atoms with E-state index in [0.29, 0.717) is 6.42 Å². The summed E-state index contributed by atoms with van der Waals surface area (Å²) in [4.78, 5) is 13.0. The van der Waals surface area contributed by atoms with Gasteiger partial charge in [-0.15, -0.1) is 0 Å². The Morgan fingerprint density at radius 1 is 0.507 bits per heavy atom. The number of carbonyl (C=O) groups excluding carboxylic acids is 1. The summed E-state index contributed by atoms with van der Waals surface area (Å²) >= 11 is 0. The predicted molar refractivity (Wildman–Crippen MR) is 281 cm³/mol. The molecule has 1 aliphatic heterocycles. The predicted octanol–water partition coefficient (Wildman–Crippen LogP) is 13.7. The highest BCUT2D eigenvalue weighted by atomic mass is 16.7. The van der Waals surface area contributed by atoms with Crippen LogP contribution in [0.3, 0.4) is 0 Å². The first-order valence-electron chi connectivity index (χ1n) is 28.4. The molecule has 1 amide bonds. The summed E-state index contributed by atoms with van der Waals surface area (Å²) < 4.78 is 11.2. The number of hydrogen-bond donors (Lipinski definition) is 6. The molecule has 6 N–H and O–H groups in total. The van der Waals surface area contributed by atoms with Gasteiger partial charge in [-0.1, -0.05) is 236 Å². The quantitative estimate of drug-likeness (QED) is 0.0261. The number of aliphatic hydroxyl groups excluding tert-OH is 5. The van der Waals surface area contributed by atoms with Crippen molar-refractivity contribution >= 4 is 5.91 Å². The van der Waals surface area contributed by atoms with Crippen LogP contribution in [0.1, 0.15) is 258 Å². The van der Waals surface area contributed by atoms with Crippen molar-refractivity contribution in [1.29, 1.82) is 0 Å². The maximum absolute atomic E-state index is 13.0. The molecule has 1 fully saturated rings. The highest BCUT2D eigenvalue weighted by molar-refractivity contribution is 5.76. The van der Waals surface area contributed by atoms with E-state index in [-0.39, 0.29) is 12.5 Å². The molecule has 0 radical (unpaired) electrons. The van der Waals surface area contributed by atoms with Crippen molar-refractivity contribution in [3.63, 3.8) is 0 Å². The van der Waals surface area contributed by atoms with E-state index < -0.39 is 49.5 Å². The summed E-state index contributed by atoms with van der Waals surface area (Å²) in [5, 5.41) is 54.4. The van der Waals surface area contributed by atoms with E-state index in [0.717, 1.165) is 44.9 Å². The summed E-state index contributed by atoms with van der Waals surface area (Å²) in [6.45, 7) is 3.77. The minimum Gasteiger partial charge on any atom is -0.394 e. The Morgan fingerprint density at radius 3 is 1.34 bits per heavy atom. The molecular formula is C58H107NO8. The number of carbonyl (C=O) groups is 1. The average Bonchev–Trinajstić information content (AvgIpc) is 3.33. The summed E-state index contributed by atoms with van der Waals surface area (Å²) in [5.74, 6) is -0.185. The molecule has 0 spiro atoms. The second-order valence-electron chi connectivity index (χ2n) is 19.7. The van der Waals surface area contributed by atoms with Gasteiger partial charge in [0.2, 0.25) is 5.91 Å². The lowest BCUT2D eigenvalue weighted by atomic mass is 9.99. The molecule has 0 aromatic rings. The molecule has 1 aliphatic rings. The van der Waals surface area contributed by atoms with Gasteiger partial charge in [-0.2, -0.15) is 0 Å². The van der Waals surface area contributed by atoms with Crippen molar-refractivity contribution in [3.05, 3.63) is 48.6 Å². The molecule has 1 heterocycles. The zero-order valence-electron chi connectivity index (χ0n) is 43.4. The summed E-state index contributed by atoms with van der Waals surface area (Å²) in [7, 11) is 0. The highest BCUT2D eigenvalue weighted by Gasteiger charge is 2.44. The minimum absolute atomic E-state index is 0.185. The van der Waals surface area contributed by atoms with Crippen LogP contribution in [-0.4, -0.2) is 87.5 Å². The number of aliphatic hydroxyl groups is 5. The first-order chi connectivity index (χ1) is 32.8. The van der Waals surface area contributed by atoms with Crippen molar-refractivity contribution in [2.75, 3.05) is 13.2 Å². The molecule has 0 aromatic heterocycles. The molecule has 7 atom stereocenters. The van der Waals surface area contributed by atoms with Gasteiger partial charge in [0.25, 0.3) is 0 Å². The molecule has 1 saturated heterocycles. The van der Waals surface area contributed by atoms with Gasteiger partial charge < -0.3 is 40.3 Å². The molecule has 9 heteroatoms. The van der Waals surface area contributed by atoms with Crippen LogP contribution in [0.4, 0.5) is 0 Å². The van der Waals surface area contributed by atoms with Crippen molar-refractivity contribution in [3.8, 4) is 0 Å². The Labute approximate surface area is 412 Å². The molecule has 0 saturated carbocycles. The normalized spacial score (nSPS) is 20.0. The van der Waals surface area contributed by atoms with Gasteiger partial charge in [-0.25, -0.2) is 0 Å². The first kappa shape index (κ1) is 63.2.